The summed E-state index contributed by atoms with van der Waals surface area (Å²) in [5.41, 5.74) is 6.90. The molecule has 1 aliphatic carbocycles. The van der Waals surface area contributed by atoms with Crippen molar-refractivity contribution in [3.05, 3.63) is 18.0 Å². The first-order chi connectivity index (χ1) is 9.20. The molecule has 2 atom stereocenters. The Balaban J connectivity index is 1.77. The van der Waals surface area contributed by atoms with Crippen LogP contribution in [0.4, 0.5) is 0 Å². The summed E-state index contributed by atoms with van der Waals surface area (Å²) in [5, 5.41) is 7.22. The summed E-state index contributed by atoms with van der Waals surface area (Å²) in [6.07, 6.45) is 8.23. The Morgan fingerprint density at radius 2 is 2.32 bits per heavy atom. The highest BCUT2D eigenvalue weighted by Crippen LogP contribution is 2.29. The van der Waals surface area contributed by atoms with E-state index < -0.39 is 0 Å². The van der Waals surface area contributed by atoms with Gasteiger partial charge < -0.3 is 11.1 Å². The van der Waals surface area contributed by atoms with Gasteiger partial charge in [0.05, 0.1) is 12.7 Å². The van der Waals surface area contributed by atoms with Crippen LogP contribution in [0, 0.1) is 18.8 Å². The summed E-state index contributed by atoms with van der Waals surface area (Å²) in [6, 6.07) is 0. The van der Waals surface area contributed by atoms with Crippen molar-refractivity contribution in [2.75, 3.05) is 13.1 Å². The molecule has 3 N–H and O–H groups in total. The lowest BCUT2D eigenvalue weighted by Crippen LogP contribution is -2.40. The van der Waals surface area contributed by atoms with Crippen LogP contribution < -0.4 is 11.1 Å². The third kappa shape index (κ3) is 3.80. The van der Waals surface area contributed by atoms with Crippen molar-refractivity contribution in [1.82, 2.24) is 15.1 Å². The summed E-state index contributed by atoms with van der Waals surface area (Å²) in [4.78, 5) is 12.2. The lowest BCUT2D eigenvalue weighted by molar-refractivity contribution is -0.127. The van der Waals surface area contributed by atoms with E-state index in [4.69, 9.17) is 5.73 Å². The Hall–Kier alpha value is -1.36. The molecule has 1 saturated carbocycles. The van der Waals surface area contributed by atoms with Gasteiger partial charge in [-0.05, 0) is 37.8 Å². The van der Waals surface area contributed by atoms with Crippen molar-refractivity contribution in [2.24, 2.45) is 17.6 Å². The molecular formula is C14H24N4O. The van der Waals surface area contributed by atoms with Crippen LogP contribution in [-0.4, -0.2) is 28.8 Å². The average molecular weight is 264 g/mol. The van der Waals surface area contributed by atoms with Crippen molar-refractivity contribution in [1.29, 1.82) is 0 Å². The van der Waals surface area contributed by atoms with E-state index in [1.807, 2.05) is 24.0 Å². The molecule has 1 aromatic heterocycles. The molecule has 2 unspecified atom stereocenters. The molecule has 0 spiro atoms. The second-order valence-electron chi connectivity index (χ2n) is 5.46. The van der Waals surface area contributed by atoms with Gasteiger partial charge in [-0.25, -0.2) is 0 Å². The highest BCUT2D eigenvalue weighted by Gasteiger charge is 2.29. The van der Waals surface area contributed by atoms with E-state index in [0.717, 1.165) is 31.4 Å². The molecule has 1 amide bonds. The molecule has 1 heterocycles. The van der Waals surface area contributed by atoms with Crippen LogP contribution in [0.15, 0.2) is 12.4 Å². The van der Waals surface area contributed by atoms with Crippen LogP contribution in [0.1, 0.15) is 31.2 Å². The number of carbonyl (C=O) groups is 1. The van der Waals surface area contributed by atoms with Gasteiger partial charge in [-0.2, -0.15) is 5.10 Å². The second-order valence-corrected chi connectivity index (χ2v) is 5.46. The molecule has 1 aromatic rings. The normalized spacial score (nSPS) is 23.3. The number of hydrogen-bond acceptors (Lipinski definition) is 3. The van der Waals surface area contributed by atoms with E-state index >= 15 is 0 Å². The fourth-order valence-corrected chi connectivity index (χ4v) is 2.85. The van der Waals surface area contributed by atoms with E-state index in [-0.39, 0.29) is 11.8 Å². The number of aromatic nitrogens is 2. The maximum atomic E-state index is 12.2. The zero-order valence-electron chi connectivity index (χ0n) is 11.6. The SMILES string of the molecule is Cc1cnn(CCNC(=O)C2CCCCC2CN)c1. The summed E-state index contributed by atoms with van der Waals surface area (Å²) >= 11 is 0. The third-order valence-corrected chi connectivity index (χ3v) is 3.95. The third-order valence-electron chi connectivity index (χ3n) is 3.95. The monoisotopic (exact) mass is 264 g/mol. The first-order valence-electron chi connectivity index (χ1n) is 7.17. The van der Waals surface area contributed by atoms with Gasteiger partial charge in [0.1, 0.15) is 0 Å². The van der Waals surface area contributed by atoms with Crippen LogP contribution in [0.5, 0.6) is 0 Å². The zero-order valence-corrected chi connectivity index (χ0v) is 11.6. The Morgan fingerprint density at radius 1 is 1.53 bits per heavy atom. The van der Waals surface area contributed by atoms with Gasteiger partial charge in [0.2, 0.25) is 5.91 Å². The summed E-state index contributed by atoms with van der Waals surface area (Å²) in [6.45, 7) is 3.99. The molecule has 1 fully saturated rings. The number of hydrogen-bond donors (Lipinski definition) is 2. The first kappa shape index (κ1) is 14.1. The minimum absolute atomic E-state index is 0.109. The Bertz CT molecular complexity index is 415. The summed E-state index contributed by atoms with van der Waals surface area (Å²) < 4.78 is 1.86. The largest absolute Gasteiger partial charge is 0.354 e. The van der Waals surface area contributed by atoms with E-state index in [1.165, 1.54) is 6.42 Å². The molecule has 1 aliphatic rings. The van der Waals surface area contributed by atoms with Crippen molar-refractivity contribution in [2.45, 2.75) is 39.2 Å². The Labute approximate surface area is 114 Å². The summed E-state index contributed by atoms with van der Waals surface area (Å²) in [5.74, 6) is 0.637. The molecule has 2 rings (SSSR count). The maximum absolute atomic E-state index is 12.2. The predicted octanol–water partition coefficient (Wildman–Crippen LogP) is 1.07. The highest BCUT2D eigenvalue weighted by atomic mass is 16.1. The van der Waals surface area contributed by atoms with Gasteiger partial charge in [-0.3, -0.25) is 9.48 Å². The standard InChI is InChI=1S/C14H24N4O/c1-11-9-17-18(10-11)7-6-16-14(19)13-5-3-2-4-12(13)8-15/h9-10,12-13H,2-8,15H2,1H3,(H,16,19). The molecule has 0 saturated heterocycles. The molecule has 0 aromatic carbocycles. The van der Waals surface area contributed by atoms with E-state index in [1.54, 1.807) is 0 Å². The molecule has 0 radical (unpaired) electrons. The number of carbonyl (C=O) groups excluding carboxylic acids is 1. The van der Waals surface area contributed by atoms with Crippen LogP contribution in [0.2, 0.25) is 0 Å². The molecule has 0 bridgehead atoms. The van der Waals surface area contributed by atoms with Gasteiger partial charge in [0.25, 0.3) is 0 Å². The summed E-state index contributed by atoms with van der Waals surface area (Å²) in [7, 11) is 0. The predicted molar refractivity (Wildman–Crippen MR) is 74.5 cm³/mol. The van der Waals surface area contributed by atoms with Crippen molar-refractivity contribution < 1.29 is 4.79 Å². The number of nitrogens with one attached hydrogen (secondary N) is 1. The molecule has 5 heteroatoms. The lowest BCUT2D eigenvalue weighted by Gasteiger charge is -2.29. The minimum Gasteiger partial charge on any atom is -0.354 e. The topological polar surface area (TPSA) is 72.9 Å². The van der Waals surface area contributed by atoms with E-state index in [0.29, 0.717) is 19.0 Å². The highest BCUT2D eigenvalue weighted by molar-refractivity contribution is 5.79. The molecular weight excluding hydrogens is 240 g/mol. The number of nitrogens with two attached hydrogens (primary N) is 1. The zero-order chi connectivity index (χ0) is 13.7. The van der Waals surface area contributed by atoms with Crippen LogP contribution >= 0.6 is 0 Å². The number of nitrogens with zero attached hydrogens (tertiary/aromatic N) is 2. The molecule has 19 heavy (non-hydrogen) atoms. The van der Waals surface area contributed by atoms with Gasteiger partial charge >= 0.3 is 0 Å². The fourth-order valence-electron chi connectivity index (χ4n) is 2.85. The fraction of sp³-hybridized carbons (Fsp3) is 0.714. The van der Waals surface area contributed by atoms with Crippen LogP contribution in [0.25, 0.3) is 0 Å². The quantitative estimate of drug-likeness (QED) is 0.835. The van der Waals surface area contributed by atoms with Gasteiger partial charge in [-0.15, -0.1) is 0 Å². The second kappa shape index (κ2) is 6.70. The first-order valence-corrected chi connectivity index (χ1v) is 7.17. The number of amides is 1. The Morgan fingerprint density at radius 3 is 3.00 bits per heavy atom. The van der Waals surface area contributed by atoms with E-state index in [2.05, 4.69) is 10.4 Å². The van der Waals surface area contributed by atoms with Gasteiger partial charge in [-0.1, -0.05) is 12.8 Å². The average Bonchev–Trinajstić information content (AvgIpc) is 2.84. The van der Waals surface area contributed by atoms with Crippen molar-refractivity contribution in [3.63, 3.8) is 0 Å². The molecule has 5 nitrogen and oxygen atoms in total. The van der Waals surface area contributed by atoms with Crippen LogP contribution in [0.3, 0.4) is 0 Å². The van der Waals surface area contributed by atoms with Gasteiger partial charge in [0, 0.05) is 18.7 Å². The molecule has 0 aliphatic heterocycles. The Kier molecular flexibility index (Phi) is 4.96. The number of aryl methyl sites for hydroxylation is 1. The van der Waals surface area contributed by atoms with Crippen molar-refractivity contribution >= 4 is 5.91 Å². The minimum atomic E-state index is 0.109. The smallest absolute Gasteiger partial charge is 0.223 e. The number of rotatable bonds is 5. The van der Waals surface area contributed by atoms with Gasteiger partial charge in [0.15, 0.2) is 0 Å². The van der Waals surface area contributed by atoms with Crippen molar-refractivity contribution in [3.8, 4) is 0 Å². The molecule has 106 valence electrons. The lowest BCUT2D eigenvalue weighted by atomic mass is 9.79. The maximum Gasteiger partial charge on any atom is 0.223 e. The van der Waals surface area contributed by atoms with E-state index in [9.17, 15) is 4.79 Å². The van der Waals surface area contributed by atoms with Crippen LogP contribution in [-0.2, 0) is 11.3 Å².